The molecule has 0 saturated carbocycles. The van der Waals surface area contributed by atoms with Crippen molar-refractivity contribution in [2.24, 2.45) is 0 Å². The lowest BCUT2D eigenvalue weighted by Gasteiger charge is -1.99. The number of carbonyl (C=O) groups is 1. The first-order valence-corrected chi connectivity index (χ1v) is 5.65. The first-order valence-electron chi connectivity index (χ1n) is 5.65. The lowest BCUT2D eigenvalue weighted by Crippen LogP contribution is -1.94. The molecule has 0 N–H and O–H groups in total. The molecule has 0 amide bonds. The molecule has 2 aromatic rings. The third kappa shape index (κ3) is 2.80. The van der Waals surface area contributed by atoms with E-state index in [0.717, 1.165) is 5.56 Å². The van der Waals surface area contributed by atoms with Crippen molar-refractivity contribution in [3.05, 3.63) is 35.5 Å². The number of aromatic nitrogens is 2. The fourth-order valence-corrected chi connectivity index (χ4v) is 1.58. The van der Waals surface area contributed by atoms with Crippen LogP contribution in [-0.4, -0.2) is 15.9 Å². The summed E-state index contributed by atoms with van der Waals surface area (Å²) >= 11 is 0. The van der Waals surface area contributed by atoms with Gasteiger partial charge in [-0.3, -0.25) is 0 Å². The van der Waals surface area contributed by atoms with Crippen LogP contribution < -0.4 is 0 Å². The molecular weight excluding hydrogens is 235 g/mol. The number of hydrogen-bond donors (Lipinski definition) is 0. The normalized spacial score (nSPS) is 10.6. The Balaban J connectivity index is 2.23. The van der Waals surface area contributed by atoms with Gasteiger partial charge in [0.15, 0.2) is 0 Å². The Hall–Kier alpha value is -2.04. The van der Waals surface area contributed by atoms with Crippen LogP contribution in [0.3, 0.4) is 0 Å². The Morgan fingerprint density at radius 1 is 1.44 bits per heavy atom. The van der Waals surface area contributed by atoms with Crippen molar-refractivity contribution in [2.75, 3.05) is 0 Å². The van der Waals surface area contributed by atoms with Crippen LogP contribution in [0.2, 0.25) is 0 Å². The van der Waals surface area contributed by atoms with Gasteiger partial charge < -0.3 is 9.32 Å². The molecule has 18 heavy (non-hydrogen) atoms. The number of aryl methyl sites for hydroxylation is 2. The van der Waals surface area contributed by atoms with E-state index in [0.29, 0.717) is 30.1 Å². The minimum atomic E-state index is -0.342. The lowest BCUT2D eigenvalue weighted by atomic mass is 10.1. The maximum atomic E-state index is 13.2. The van der Waals surface area contributed by atoms with Crippen LogP contribution in [0, 0.1) is 12.7 Å². The molecule has 0 fully saturated rings. The summed E-state index contributed by atoms with van der Waals surface area (Å²) in [6.07, 6.45) is 0.778. The Morgan fingerprint density at radius 2 is 2.22 bits per heavy atom. The molecule has 4 nitrogen and oxygen atoms in total. The summed E-state index contributed by atoms with van der Waals surface area (Å²) in [6, 6.07) is 4.42. The number of hydrogen-bond acceptors (Lipinski definition) is 4. The minimum Gasteiger partial charge on any atom is -0.339 e. The maximum absolute atomic E-state index is 13.2. The molecule has 5 heteroatoms. The Kier molecular flexibility index (Phi) is 3.50. The summed E-state index contributed by atoms with van der Waals surface area (Å²) in [7, 11) is 0. The van der Waals surface area contributed by atoms with Crippen LogP contribution in [-0.2, 0) is 11.2 Å². The Morgan fingerprint density at radius 3 is 2.94 bits per heavy atom. The largest absolute Gasteiger partial charge is 0.339 e. The van der Waals surface area contributed by atoms with Crippen molar-refractivity contribution in [1.29, 1.82) is 0 Å². The fraction of sp³-hybridized carbons (Fsp3) is 0.308. The molecule has 1 heterocycles. The summed E-state index contributed by atoms with van der Waals surface area (Å²) in [5, 5.41) is 3.80. The van der Waals surface area contributed by atoms with E-state index in [9.17, 15) is 9.18 Å². The molecule has 0 aliphatic rings. The topological polar surface area (TPSA) is 56.0 Å². The highest BCUT2D eigenvalue weighted by Crippen LogP contribution is 2.21. The number of benzene rings is 1. The summed E-state index contributed by atoms with van der Waals surface area (Å²) in [5.74, 6) is 0.469. The molecular formula is C13H13FN2O2. The zero-order valence-corrected chi connectivity index (χ0v) is 10.2. The molecule has 0 radical (unpaired) electrons. The van der Waals surface area contributed by atoms with E-state index in [2.05, 4.69) is 10.1 Å². The summed E-state index contributed by atoms with van der Waals surface area (Å²) < 4.78 is 18.2. The number of rotatable bonds is 4. The predicted octanol–water partition coefficient (Wildman–Crippen LogP) is 2.71. The van der Waals surface area contributed by atoms with Gasteiger partial charge in [0.25, 0.3) is 0 Å². The molecule has 0 aliphatic heterocycles. The molecule has 0 saturated heterocycles. The zero-order chi connectivity index (χ0) is 13.1. The second-order valence-corrected chi connectivity index (χ2v) is 4.17. The van der Waals surface area contributed by atoms with Crippen LogP contribution in [0.1, 0.15) is 24.8 Å². The van der Waals surface area contributed by atoms with Crippen molar-refractivity contribution in [1.82, 2.24) is 10.1 Å². The van der Waals surface area contributed by atoms with Crippen molar-refractivity contribution < 1.29 is 13.7 Å². The first-order chi connectivity index (χ1) is 8.56. The predicted molar refractivity (Wildman–Crippen MR) is 63.4 cm³/mol. The molecule has 1 aromatic carbocycles. The first kappa shape index (κ1) is 12.4. The number of Topliss-reactive ketones (excluding diaryl/α,β-unsaturated/α-hetero) is 1. The second-order valence-electron chi connectivity index (χ2n) is 4.17. The number of carbonyl (C=O) groups excluding carboxylic acids is 1. The Bertz CT molecular complexity index is 578. The van der Waals surface area contributed by atoms with Gasteiger partial charge in [0, 0.05) is 18.4 Å². The minimum absolute atomic E-state index is 0.0664. The van der Waals surface area contributed by atoms with Gasteiger partial charge in [-0.25, -0.2) is 4.39 Å². The van der Waals surface area contributed by atoms with E-state index < -0.39 is 0 Å². The van der Waals surface area contributed by atoms with Gasteiger partial charge in [0.1, 0.15) is 11.6 Å². The van der Waals surface area contributed by atoms with Gasteiger partial charge in [0.2, 0.25) is 11.7 Å². The van der Waals surface area contributed by atoms with E-state index in [1.54, 1.807) is 6.07 Å². The van der Waals surface area contributed by atoms with Gasteiger partial charge >= 0.3 is 0 Å². The molecule has 0 atom stereocenters. The third-order valence-electron chi connectivity index (χ3n) is 2.60. The number of ketones is 1. The van der Waals surface area contributed by atoms with Crippen molar-refractivity contribution in [2.45, 2.75) is 26.7 Å². The summed E-state index contributed by atoms with van der Waals surface area (Å²) in [4.78, 5) is 15.0. The molecule has 2 rings (SSSR count). The van der Waals surface area contributed by atoms with Gasteiger partial charge in [-0.05, 0) is 31.5 Å². The van der Waals surface area contributed by atoms with Gasteiger partial charge in [0.05, 0.1) is 0 Å². The standard InChI is InChI=1S/C13H13FN2O2/c1-8-3-5-10(14)7-11(8)13-15-12(18-16-13)6-4-9(2)17/h3,5,7H,4,6H2,1-2H3. The molecule has 0 aliphatic carbocycles. The van der Waals surface area contributed by atoms with Crippen LogP contribution in [0.5, 0.6) is 0 Å². The SMILES string of the molecule is CC(=O)CCc1nc(-c2cc(F)ccc2C)no1. The number of halogens is 1. The average molecular weight is 248 g/mol. The molecule has 94 valence electrons. The quantitative estimate of drug-likeness (QED) is 0.834. The van der Waals surface area contributed by atoms with Crippen molar-refractivity contribution >= 4 is 5.78 Å². The molecule has 1 aromatic heterocycles. The summed E-state index contributed by atoms with van der Waals surface area (Å²) in [5.41, 5.74) is 1.48. The number of nitrogens with zero attached hydrogens (tertiary/aromatic N) is 2. The van der Waals surface area contributed by atoms with Crippen LogP contribution in [0.4, 0.5) is 4.39 Å². The molecule has 0 bridgehead atoms. The van der Waals surface area contributed by atoms with Gasteiger partial charge in [-0.15, -0.1) is 0 Å². The molecule has 0 unspecified atom stereocenters. The van der Waals surface area contributed by atoms with Crippen molar-refractivity contribution in [3.8, 4) is 11.4 Å². The zero-order valence-electron chi connectivity index (χ0n) is 10.2. The monoisotopic (exact) mass is 248 g/mol. The highest BCUT2D eigenvalue weighted by molar-refractivity contribution is 5.75. The van der Waals surface area contributed by atoms with Crippen LogP contribution in [0.25, 0.3) is 11.4 Å². The summed E-state index contributed by atoms with van der Waals surface area (Å²) in [6.45, 7) is 3.36. The van der Waals surface area contributed by atoms with Crippen molar-refractivity contribution in [3.63, 3.8) is 0 Å². The highest BCUT2D eigenvalue weighted by atomic mass is 19.1. The van der Waals surface area contributed by atoms with E-state index in [-0.39, 0.29) is 11.6 Å². The maximum Gasteiger partial charge on any atom is 0.227 e. The second kappa shape index (κ2) is 5.08. The van der Waals surface area contributed by atoms with Gasteiger partial charge in [-0.2, -0.15) is 4.98 Å². The van der Waals surface area contributed by atoms with E-state index in [4.69, 9.17) is 4.52 Å². The average Bonchev–Trinajstić information content (AvgIpc) is 2.78. The van der Waals surface area contributed by atoms with E-state index in [1.165, 1.54) is 19.1 Å². The smallest absolute Gasteiger partial charge is 0.227 e. The van der Waals surface area contributed by atoms with Gasteiger partial charge in [-0.1, -0.05) is 11.2 Å². The molecule has 0 spiro atoms. The lowest BCUT2D eigenvalue weighted by molar-refractivity contribution is -0.117. The van der Waals surface area contributed by atoms with Crippen LogP contribution in [0.15, 0.2) is 22.7 Å². The van der Waals surface area contributed by atoms with Crippen LogP contribution >= 0.6 is 0 Å². The van der Waals surface area contributed by atoms with E-state index >= 15 is 0 Å². The Labute approximate surface area is 104 Å². The fourth-order valence-electron chi connectivity index (χ4n) is 1.58. The third-order valence-corrected chi connectivity index (χ3v) is 2.60. The highest BCUT2D eigenvalue weighted by Gasteiger charge is 2.12. The van der Waals surface area contributed by atoms with E-state index in [1.807, 2.05) is 6.92 Å².